The van der Waals surface area contributed by atoms with Crippen molar-refractivity contribution in [3.63, 3.8) is 0 Å². The van der Waals surface area contributed by atoms with E-state index in [9.17, 15) is 0 Å². The molecule has 0 spiro atoms. The molecule has 3 nitrogen and oxygen atoms in total. The number of likely N-dealkylation sites (N-methyl/N-ethyl adjacent to an activating group) is 1. The van der Waals surface area contributed by atoms with Gasteiger partial charge in [0.25, 0.3) is 0 Å². The van der Waals surface area contributed by atoms with Crippen molar-refractivity contribution >= 4 is 11.3 Å². The van der Waals surface area contributed by atoms with E-state index < -0.39 is 0 Å². The predicted molar refractivity (Wildman–Crippen MR) is 73.4 cm³/mol. The van der Waals surface area contributed by atoms with Crippen LogP contribution in [0.3, 0.4) is 0 Å². The van der Waals surface area contributed by atoms with Crippen molar-refractivity contribution < 1.29 is 0 Å². The van der Waals surface area contributed by atoms with Crippen molar-refractivity contribution in [3.05, 3.63) is 16.6 Å². The highest BCUT2D eigenvalue weighted by molar-refractivity contribution is 7.09. The molecule has 0 saturated heterocycles. The lowest BCUT2D eigenvalue weighted by molar-refractivity contribution is 0.150. The maximum absolute atomic E-state index is 4.14. The number of hydrogen-bond acceptors (Lipinski definition) is 4. The van der Waals surface area contributed by atoms with Crippen molar-refractivity contribution in [2.24, 2.45) is 0 Å². The smallest absolute Gasteiger partial charge is 0.0794 e. The van der Waals surface area contributed by atoms with Crippen molar-refractivity contribution in [2.75, 3.05) is 20.6 Å². The third-order valence-electron chi connectivity index (χ3n) is 4.10. The van der Waals surface area contributed by atoms with E-state index in [4.69, 9.17) is 0 Å². The summed E-state index contributed by atoms with van der Waals surface area (Å²) >= 11 is 1.73. The van der Waals surface area contributed by atoms with Crippen LogP contribution in [-0.4, -0.2) is 36.1 Å². The van der Waals surface area contributed by atoms with Crippen molar-refractivity contribution in [3.8, 4) is 0 Å². The molecule has 1 atom stereocenters. The SMILES string of the molecule is CC(NCC1(N(C)C)CCCC1)c1cncs1. The van der Waals surface area contributed by atoms with Gasteiger partial charge < -0.3 is 10.2 Å². The average molecular weight is 253 g/mol. The molecule has 1 heterocycles. The Hall–Kier alpha value is -0.450. The van der Waals surface area contributed by atoms with E-state index in [0.717, 1.165) is 6.54 Å². The molecule has 1 aliphatic carbocycles. The quantitative estimate of drug-likeness (QED) is 0.874. The van der Waals surface area contributed by atoms with Crippen LogP contribution in [0.5, 0.6) is 0 Å². The molecule has 96 valence electrons. The molecule has 1 unspecified atom stereocenters. The fourth-order valence-corrected chi connectivity index (χ4v) is 3.35. The van der Waals surface area contributed by atoms with E-state index in [1.165, 1.54) is 30.6 Å². The lowest BCUT2D eigenvalue weighted by Gasteiger charge is -2.37. The molecule has 0 aliphatic heterocycles. The van der Waals surface area contributed by atoms with Crippen molar-refractivity contribution in [2.45, 2.75) is 44.2 Å². The van der Waals surface area contributed by atoms with Crippen molar-refractivity contribution in [1.29, 1.82) is 0 Å². The van der Waals surface area contributed by atoms with Gasteiger partial charge in [0.05, 0.1) is 5.51 Å². The third-order valence-corrected chi connectivity index (χ3v) is 5.06. The molecule has 2 rings (SSSR count). The van der Waals surface area contributed by atoms with Gasteiger partial charge >= 0.3 is 0 Å². The summed E-state index contributed by atoms with van der Waals surface area (Å²) in [4.78, 5) is 7.88. The van der Waals surface area contributed by atoms with Crippen LogP contribution >= 0.6 is 11.3 Å². The Labute approximate surface area is 108 Å². The minimum absolute atomic E-state index is 0.374. The molecular weight excluding hydrogens is 230 g/mol. The second kappa shape index (κ2) is 5.46. The van der Waals surface area contributed by atoms with Crippen LogP contribution in [0, 0.1) is 0 Å². The highest BCUT2D eigenvalue weighted by atomic mass is 32.1. The number of aromatic nitrogens is 1. The third kappa shape index (κ3) is 2.87. The highest BCUT2D eigenvalue weighted by Crippen LogP contribution is 2.33. The molecule has 1 fully saturated rings. The minimum Gasteiger partial charge on any atom is -0.308 e. The van der Waals surface area contributed by atoms with Gasteiger partial charge in [-0.25, -0.2) is 0 Å². The standard InChI is InChI=1S/C13H23N3S/c1-11(12-8-14-10-17-12)15-9-13(16(2)3)6-4-5-7-13/h8,10-11,15H,4-7,9H2,1-3H3. The molecule has 4 heteroatoms. The predicted octanol–water partition coefficient (Wildman–Crippen LogP) is 2.67. The zero-order valence-corrected chi connectivity index (χ0v) is 11.9. The van der Waals surface area contributed by atoms with E-state index >= 15 is 0 Å². The van der Waals surface area contributed by atoms with Gasteiger partial charge in [0, 0.05) is 29.2 Å². The molecule has 1 N–H and O–H groups in total. The number of nitrogens with zero attached hydrogens (tertiary/aromatic N) is 2. The number of hydrogen-bond donors (Lipinski definition) is 1. The largest absolute Gasteiger partial charge is 0.308 e. The van der Waals surface area contributed by atoms with Gasteiger partial charge in [0.15, 0.2) is 0 Å². The van der Waals surface area contributed by atoms with Gasteiger partial charge in [-0.15, -0.1) is 11.3 Å². The second-order valence-corrected chi connectivity index (χ2v) is 6.25. The fraction of sp³-hybridized carbons (Fsp3) is 0.769. The topological polar surface area (TPSA) is 28.2 Å². The van der Waals surface area contributed by atoms with Crippen LogP contribution in [-0.2, 0) is 0 Å². The molecule has 1 aliphatic rings. The molecule has 1 aromatic heterocycles. The molecule has 1 aromatic rings. The molecule has 0 bridgehead atoms. The Kier molecular flexibility index (Phi) is 4.17. The Balaban J connectivity index is 1.92. The monoisotopic (exact) mass is 253 g/mol. The zero-order chi connectivity index (χ0) is 12.3. The van der Waals surface area contributed by atoms with E-state index in [1.807, 2.05) is 11.7 Å². The first-order chi connectivity index (χ1) is 8.14. The first-order valence-electron chi connectivity index (χ1n) is 6.43. The Bertz CT molecular complexity index is 328. The minimum atomic E-state index is 0.374. The van der Waals surface area contributed by atoms with Gasteiger partial charge in [-0.3, -0.25) is 4.98 Å². The van der Waals surface area contributed by atoms with Crippen LogP contribution in [0.2, 0.25) is 0 Å². The van der Waals surface area contributed by atoms with Gasteiger partial charge in [-0.05, 0) is 33.9 Å². The number of thiazole rings is 1. The molecular formula is C13H23N3S. The van der Waals surface area contributed by atoms with E-state index in [0.29, 0.717) is 11.6 Å². The molecule has 17 heavy (non-hydrogen) atoms. The lowest BCUT2D eigenvalue weighted by atomic mass is 9.95. The van der Waals surface area contributed by atoms with Gasteiger partial charge in [-0.1, -0.05) is 12.8 Å². The van der Waals surface area contributed by atoms with Crippen LogP contribution < -0.4 is 5.32 Å². The molecule has 0 radical (unpaired) electrons. The Morgan fingerprint density at radius 1 is 1.47 bits per heavy atom. The fourth-order valence-electron chi connectivity index (χ4n) is 2.70. The summed E-state index contributed by atoms with van der Waals surface area (Å²) in [5.41, 5.74) is 2.28. The second-order valence-electron chi connectivity index (χ2n) is 5.33. The first kappa shape index (κ1) is 13.0. The lowest BCUT2D eigenvalue weighted by Crippen LogP contribution is -2.49. The maximum Gasteiger partial charge on any atom is 0.0794 e. The Morgan fingerprint density at radius 3 is 2.71 bits per heavy atom. The molecule has 0 aromatic carbocycles. The normalized spacial score (nSPS) is 20.9. The number of rotatable bonds is 5. The van der Waals surface area contributed by atoms with Gasteiger partial charge in [0.1, 0.15) is 0 Å². The summed E-state index contributed by atoms with van der Waals surface area (Å²) in [6, 6.07) is 0.417. The summed E-state index contributed by atoms with van der Waals surface area (Å²) < 4.78 is 0. The number of nitrogens with one attached hydrogen (secondary N) is 1. The van der Waals surface area contributed by atoms with Crippen LogP contribution in [0.25, 0.3) is 0 Å². The molecule has 0 amide bonds. The summed E-state index contributed by atoms with van der Waals surface area (Å²) in [6.45, 7) is 3.31. The van der Waals surface area contributed by atoms with Crippen LogP contribution in [0.4, 0.5) is 0 Å². The van der Waals surface area contributed by atoms with Crippen molar-refractivity contribution in [1.82, 2.24) is 15.2 Å². The highest BCUT2D eigenvalue weighted by Gasteiger charge is 2.35. The Morgan fingerprint density at radius 2 is 2.18 bits per heavy atom. The van der Waals surface area contributed by atoms with Crippen LogP contribution in [0.1, 0.15) is 43.5 Å². The molecule has 1 saturated carbocycles. The summed E-state index contributed by atoms with van der Waals surface area (Å²) in [5, 5.41) is 3.68. The van der Waals surface area contributed by atoms with E-state index in [-0.39, 0.29) is 0 Å². The van der Waals surface area contributed by atoms with E-state index in [2.05, 4.69) is 36.2 Å². The summed E-state index contributed by atoms with van der Waals surface area (Å²) in [6.07, 6.45) is 7.35. The average Bonchev–Trinajstić information content (AvgIpc) is 2.97. The zero-order valence-electron chi connectivity index (χ0n) is 11.1. The van der Waals surface area contributed by atoms with Crippen LogP contribution in [0.15, 0.2) is 11.7 Å². The first-order valence-corrected chi connectivity index (χ1v) is 7.31. The van der Waals surface area contributed by atoms with Gasteiger partial charge in [0.2, 0.25) is 0 Å². The van der Waals surface area contributed by atoms with E-state index in [1.54, 1.807) is 11.3 Å². The maximum atomic E-state index is 4.14. The summed E-state index contributed by atoms with van der Waals surface area (Å²) in [5.74, 6) is 0. The van der Waals surface area contributed by atoms with Gasteiger partial charge in [-0.2, -0.15) is 0 Å². The summed E-state index contributed by atoms with van der Waals surface area (Å²) in [7, 11) is 4.43.